The van der Waals surface area contributed by atoms with Crippen LogP contribution in [0.3, 0.4) is 0 Å². The molecule has 6 nitrogen and oxygen atoms in total. The van der Waals surface area contributed by atoms with Gasteiger partial charge >= 0.3 is 0 Å². The number of hydrogen-bond acceptors (Lipinski definition) is 4. The molecular weight excluding hydrogens is 538 g/mol. The highest BCUT2D eigenvalue weighted by Gasteiger charge is 2.15. The van der Waals surface area contributed by atoms with E-state index in [0.29, 0.717) is 34.9 Å². The van der Waals surface area contributed by atoms with Crippen molar-refractivity contribution in [2.45, 2.75) is 39.5 Å². The van der Waals surface area contributed by atoms with Crippen molar-refractivity contribution in [2.75, 3.05) is 17.2 Å². The van der Waals surface area contributed by atoms with Gasteiger partial charge in [-0.3, -0.25) is 14.9 Å². The third kappa shape index (κ3) is 8.46. The van der Waals surface area contributed by atoms with Gasteiger partial charge in [0.1, 0.15) is 5.75 Å². The molecule has 8 heteroatoms. The average molecular weight is 569 g/mol. The predicted octanol–water partition coefficient (Wildman–Crippen LogP) is 7.10. The molecule has 3 N–H and O–H groups in total. The lowest BCUT2D eigenvalue weighted by Gasteiger charge is -2.14. The summed E-state index contributed by atoms with van der Waals surface area (Å²) < 4.78 is 6.63. The maximum Gasteiger partial charge on any atom is 0.261 e. The number of thiocarbonyl (C=S) groups is 1. The Morgan fingerprint density at radius 1 is 0.889 bits per heavy atom. The fourth-order valence-electron chi connectivity index (χ4n) is 3.48. The van der Waals surface area contributed by atoms with E-state index < -0.39 is 0 Å². The normalized spacial score (nSPS) is 10.4. The monoisotopic (exact) mass is 567 g/mol. The van der Waals surface area contributed by atoms with E-state index in [1.807, 2.05) is 31.2 Å². The zero-order valence-electron chi connectivity index (χ0n) is 20.4. The molecule has 3 aromatic carbocycles. The van der Waals surface area contributed by atoms with Crippen molar-refractivity contribution in [1.29, 1.82) is 0 Å². The van der Waals surface area contributed by atoms with E-state index in [1.165, 1.54) is 0 Å². The molecule has 3 aromatic rings. The quantitative estimate of drug-likeness (QED) is 0.180. The van der Waals surface area contributed by atoms with Gasteiger partial charge in [-0.2, -0.15) is 0 Å². The van der Waals surface area contributed by atoms with Gasteiger partial charge in [-0.25, -0.2) is 0 Å². The lowest BCUT2D eigenvalue weighted by atomic mass is 10.1. The summed E-state index contributed by atoms with van der Waals surface area (Å²) in [6.45, 7) is 4.66. The third-order valence-electron chi connectivity index (χ3n) is 5.35. The Hall–Kier alpha value is -3.23. The van der Waals surface area contributed by atoms with E-state index >= 15 is 0 Å². The van der Waals surface area contributed by atoms with Crippen LogP contribution in [0.5, 0.6) is 5.75 Å². The van der Waals surface area contributed by atoms with E-state index in [-0.39, 0.29) is 16.9 Å². The van der Waals surface area contributed by atoms with Crippen LogP contribution < -0.4 is 20.7 Å². The Balaban J connectivity index is 1.55. The molecule has 0 saturated heterocycles. The van der Waals surface area contributed by atoms with Gasteiger partial charge in [0.05, 0.1) is 12.2 Å². The zero-order chi connectivity index (χ0) is 25.9. The minimum absolute atomic E-state index is 0.158. The molecular formula is C28H30BrN3O3S. The van der Waals surface area contributed by atoms with E-state index in [0.717, 1.165) is 35.7 Å². The van der Waals surface area contributed by atoms with Gasteiger partial charge in [-0.05, 0) is 80.2 Å². The minimum Gasteiger partial charge on any atom is -0.493 e. The molecule has 0 unspecified atom stereocenters. The summed E-state index contributed by atoms with van der Waals surface area (Å²) in [7, 11) is 0. The smallest absolute Gasteiger partial charge is 0.261 e. The summed E-state index contributed by atoms with van der Waals surface area (Å²) in [6, 6.07) is 19.8. The Labute approximate surface area is 226 Å². The molecule has 0 radical (unpaired) electrons. The second kappa shape index (κ2) is 13.8. The Bertz CT molecular complexity index is 1210. The van der Waals surface area contributed by atoms with Crippen molar-refractivity contribution < 1.29 is 14.3 Å². The molecule has 36 heavy (non-hydrogen) atoms. The van der Waals surface area contributed by atoms with Crippen LogP contribution in [-0.4, -0.2) is 23.5 Å². The van der Waals surface area contributed by atoms with Gasteiger partial charge in [0.15, 0.2) is 5.11 Å². The molecule has 0 saturated carbocycles. The average Bonchev–Trinajstić information content (AvgIpc) is 2.85. The van der Waals surface area contributed by atoms with Crippen LogP contribution in [0.1, 0.15) is 58.9 Å². The van der Waals surface area contributed by atoms with Crippen LogP contribution in [0.25, 0.3) is 0 Å². The Morgan fingerprint density at radius 3 is 2.31 bits per heavy atom. The molecule has 0 aliphatic rings. The number of ether oxygens (including phenoxy) is 1. The van der Waals surface area contributed by atoms with Crippen molar-refractivity contribution in [1.82, 2.24) is 5.32 Å². The van der Waals surface area contributed by atoms with E-state index in [4.69, 9.17) is 17.0 Å². The molecule has 0 spiro atoms. The number of rotatable bonds is 10. The number of carbonyl (C=O) groups is 2. The predicted molar refractivity (Wildman–Crippen MR) is 153 cm³/mol. The molecule has 0 bridgehead atoms. The molecule has 2 amide bonds. The summed E-state index contributed by atoms with van der Waals surface area (Å²) >= 11 is 8.75. The van der Waals surface area contributed by atoms with Crippen LogP contribution in [0, 0.1) is 6.92 Å². The zero-order valence-corrected chi connectivity index (χ0v) is 22.8. The second-order valence-electron chi connectivity index (χ2n) is 8.36. The second-order valence-corrected chi connectivity index (χ2v) is 9.68. The van der Waals surface area contributed by atoms with Gasteiger partial charge in [0.2, 0.25) is 0 Å². The van der Waals surface area contributed by atoms with Crippen LogP contribution in [0.4, 0.5) is 11.4 Å². The first kappa shape index (κ1) is 27.4. The number of unbranched alkanes of at least 4 members (excludes halogenated alkanes) is 3. The van der Waals surface area contributed by atoms with Gasteiger partial charge < -0.3 is 15.4 Å². The molecule has 0 aliphatic carbocycles. The van der Waals surface area contributed by atoms with Crippen molar-refractivity contribution in [2.24, 2.45) is 0 Å². The molecule has 0 heterocycles. The first-order chi connectivity index (χ1) is 17.4. The van der Waals surface area contributed by atoms with E-state index in [9.17, 15) is 9.59 Å². The molecule has 188 valence electrons. The number of nitrogens with one attached hydrogen (secondary N) is 3. The van der Waals surface area contributed by atoms with Gasteiger partial charge in [-0.1, -0.05) is 59.8 Å². The largest absolute Gasteiger partial charge is 0.493 e. The number of aryl methyl sites for hydroxylation is 1. The molecule has 3 rings (SSSR count). The van der Waals surface area contributed by atoms with Gasteiger partial charge in [-0.15, -0.1) is 0 Å². The van der Waals surface area contributed by atoms with Gasteiger partial charge in [0, 0.05) is 21.4 Å². The highest BCUT2D eigenvalue weighted by atomic mass is 79.9. The van der Waals surface area contributed by atoms with E-state index in [2.05, 4.69) is 38.8 Å². The topological polar surface area (TPSA) is 79.5 Å². The third-order valence-corrected chi connectivity index (χ3v) is 6.05. The fourth-order valence-corrected chi connectivity index (χ4v) is 4.05. The van der Waals surface area contributed by atoms with Crippen LogP contribution in [0.15, 0.2) is 71.2 Å². The summed E-state index contributed by atoms with van der Waals surface area (Å²) in [5, 5.41) is 8.73. The highest BCUT2D eigenvalue weighted by Crippen LogP contribution is 2.24. The first-order valence-electron chi connectivity index (χ1n) is 11.9. The summed E-state index contributed by atoms with van der Waals surface area (Å²) in [5.74, 6) is -0.0253. The summed E-state index contributed by atoms with van der Waals surface area (Å²) in [6.07, 6.45) is 4.35. The lowest BCUT2D eigenvalue weighted by Crippen LogP contribution is -2.34. The van der Waals surface area contributed by atoms with E-state index in [1.54, 1.807) is 42.5 Å². The number of hydrogen-bond donors (Lipinski definition) is 3. The Morgan fingerprint density at radius 2 is 1.61 bits per heavy atom. The maximum absolute atomic E-state index is 12.9. The first-order valence-corrected chi connectivity index (χ1v) is 13.1. The highest BCUT2D eigenvalue weighted by molar-refractivity contribution is 9.10. The molecule has 0 aliphatic heterocycles. The fraction of sp³-hybridized carbons (Fsp3) is 0.250. The van der Waals surface area contributed by atoms with Crippen LogP contribution >= 0.6 is 28.1 Å². The lowest BCUT2D eigenvalue weighted by molar-refractivity contribution is 0.0972. The van der Waals surface area contributed by atoms with Gasteiger partial charge in [0.25, 0.3) is 11.8 Å². The van der Waals surface area contributed by atoms with Crippen molar-refractivity contribution in [3.05, 3.63) is 87.9 Å². The SMILES string of the molecule is CCCCCCOc1ccc(Br)cc1C(=O)NC(=S)Nc1ccc(NC(=O)c2cccc(C)c2)cc1. The maximum atomic E-state index is 12.9. The summed E-state index contributed by atoms with van der Waals surface area (Å²) in [5.41, 5.74) is 3.34. The molecule has 0 atom stereocenters. The minimum atomic E-state index is -0.362. The number of amides is 2. The van der Waals surface area contributed by atoms with Crippen molar-refractivity contribution in [3.63, 3.8) is 0 Å². The van der Waals surface area contributed by atoms with Crippen LogP contribution in [0.2, 0.25) is 0 Å². The molecule has 0 fully saturated rings. The number of halogens is 1. The number of anilines is 2. The standard InChI is InChI=1S/C28H30BrN3O3S/c1-3-4-5-6-16-35-25-15-10-21(29)18-24(25)27(34)32-28(36)31-23-13-11-22(12-14-23)30-26(33)20-9-7-8-19(2)17-20/h7-15,17-18H,3-6,16H2,1-2H3,(H,30,33)(H2,31,32,34,36). The van der Waals surface area contributed by atoms with Crippen molar-refractivity contribution in [3.8, 4) is 5.75 Å². The Kier molecular flexibility index (Phi) is 10.5. The van der Waals surface area contributed by atoms with Crippen molar-refractivity contribution >= 4 is 56.4 Å². The van der Waals surface area contributed by atoms with Crippen LogP contribution in [-0.2, 0) is 0 Å². The summed E-state index contributed by atoms with van der Waals surface area (Å²) in [4.78, 5) is 25.3. The number of carbonyl (C=O) groups excluding carboxylic acids is 2. The molecule has 0 aromatic heterocycles. The number of benzene rings is 3.